The van der Waals surface area contributed by atoms with Crippen molar-refractivity contribution in [1.82, 2.24) is 5.32 Å². The number of hydrogen-bond donors (Lipinski definition) is 1. The highest BCUT2D eigenvalue weighted by Crippen LogP contribution is 2.31. The number of anilines is 2. The molecule has 2 amide bonds. The Balaban J connectivity index is 2.05. The number of carbonyl (C=O) groups is 2. The number of furan rings is 1. The monoisotopic (exact) mass is 447 g/mol. The Labute approximate surface area is 170 Å². The molecule has 0 unspecified atom stereocenters. The maximum Gasteiger partial charge on any atom is 0.270 e. The first-order valence-corrected chi connectivity index (χ1v) is 9.35. The summed E-state index contributed by atoms with van der Waals surface area (Å²) in [5.41, 5.74) is 2.54. The first-order valence-electron chi connectivity index (χ1n) is 8.15. The highest BCUT2D eigenvalue weighted by atomic mass is 79.9. The van der Waals surface area contributed by atoms with Gasteiger partial charge >= 0.3 is 0 Å². The Bertz CT molecular complexity index is 994. The molecule has 2 heterocycles. The van der Waals surface area contributed by atoms with E-state index in [0.29, 0.717) is 17.3 Å². The van der Waals surface area contributed by atoms with Gasteiger partial charge in [-0.2, -0.15) is 0 Å². The molecule has 1 aromatic heterocycles. The lowest BCUT2D eigenvalue weighted by atomic mass is 10.0. The molecule has 0 saturated carbocycles. The minimum atomic E-state index is -0.550. The minimum absolute atomic E-state index is 0.0453. The van der Waals surface area contributed by atoms with Crippen LogP contribution in [0.15, 0.2) is 38.7 Å². The van der Waals surface area contributed by atoms with Gasteiger partial charge in [0.05, 0.1) is 10.2 Å². The molecule has 2 aromatic rings. The maximum absolute atomic E-state index is 13.1. The Morgan fingerprint density at radius 1 is 1.26 bits per heavy atom. The third-order valence-electron chi connectivity index (χ3n) is 4.30. The van der Waals surface area contributed by atoms with E-state index in [0.717, 1.165) is 15.6 Å². The lowest BCUT2D eigenvalue weighted by Crippen LogP contribution is -2.54. The SMILES string of the molecule is Cc1cccc(N2C(=O)/C(=C/c3cc(Br)c(N(C)C)o3)C(=O)NC2=S)c1C. The molecule has 3 rings (SSSR count). The second-order valence-electron chi connectivity index (χ2n) is 6.37. The van der Waals surface area contributed by atoms with Crippen molar-refractivity contribution in [3.8, 4) is 0 Å². The molecule has 6 nitrogen and oxygen atoms in total. The zero-order valence-corrected chi connectivity index (χ0v) is 17.7. The molecule has 1 aliphatic heterocycles. The van der Waals surface area contributed by atoms with Crippen molar-refractivity contribution in [3.63, 3.8) is 0 Å². The van der Waals surface area contributed by atoms with Crippen LogP contribution in [-0.2, 0) is 9.59 Å². The van der Waals surface area contributed by atoms with Crippen molar-refractivity contribution < 1.29 is 14.0 Å². The molecule has 0 spiro atoms. The summed E-state index contributed by atoms with van der Waals surface area (Å²) in [6.45, 7) is 3.86. The van der Waals surface area contributed by atoms with Crippen molar-refractivity contribution in [2.45, 2.75) is 13.8 Å². The zero-order chi connectivity index (χ0) is 19.9. The highest BCUT2D eigenvalue weighted by molar-refractivity contribution is 9.10. The van der Waals surface area contributed by atoms with E-state index in [1.165, 1.54) is 11.0 Å². The van der Waals surface area contributed by atoms with Crippen LogP contribution in [0.3, 0.4) is 0 Å². The van der Waals surface area contributed by atoms with Crippen LogP contribution in [0, 0.1) is 13.8 Å². The van der Waals surface area contributed by atoms with Gasteiger partial charge in [-0.15, -0.1) is 0 Å². The van der Waals surface area contributed by atoms with Gasteiger partial charge in [-0.25, -0.2) is 0 Å². The third-order valence-corrected chi connectivity index (χ3v) is 5.15. The Morgan fingerprint density at radius 2 is 1.96 bits per heavy atom. The third kappa shape index (κ3) is 3.54. The molecule has 1 aromatic carbocycles. The first kappa shape index (κ1) is 19.3. The lowest BCUT2D eigenvalue weighted by molar-refractivity contribution is -0.122. The fourth-order valence-electron chi connectivity index (χ4n) is 2.75. The molecule has 0 bridgehead atoms. The number of benzene rings is 1. The average molecular weight is 448 g/mol. The molecule has 27 heavy (non-hydrogen) atoms. The number of aryl methyl sites for hydroxylation is 1. The van der Waals surface area contributed by atoms with Crippen LogP contribution in [-0.4, -0.2) is 31.0 Å². The van der Waals surface area contributed by atoms with Gasteiger partial charge in [0.1, 0.15) is 11.3 Å². The molecule has 140 valence electrons. The van der Waals surface area contributed by atoms with Crippen molar-refractivity contribution in [2.75, 3.05) is 23.9 Å². The van der Waals surface area contributed by atoms with Crippen LogP contribution >= 0.6 is 28.1 Å². The number of thiocarbonyl (C=S) groups is 1. The summed E-state index contributed by atoms with van der Waals surface area (Å²) < 4.78 is 6.43. The summed E-state index contributed by atoms with van der Waals surface area (Å²) >= 11 is 8.66. The summed E-state index contributed by atoms with van der Waals surface area (Å²) in [5, 5.41) is 2.65. The van der Waals surface area contributed by atoms with Gasteiger partial charge in [0, 0.05) is 20.2 Å². The smallest absolute Gasteiger partial charge is 0.270 e. The average Bonchev–Trinajstić information content (AvgIpc) is 2.96. The van der Waals surface area contributed by atoms with Gasteiger partial charge in [0.15, 0.2) is 5.11 Å². The van der Waals surface area contributed by atoms with Gasteiger partial charge in [0.2, 0.25) is 5.88 Å². The largest absolute Gasteiger partial charge is 0.440 e. The van der Waals surface area contributed by atoms with Crippen molar-refractivity contribution in [3.05, 3.63) is 51.2 Å². The summed E-state index contributed by atoms with van der Waals surface area (Å²) in [7, 11) is 3.67. The standard InChI is InChI=1S/C19H18BrN3O3S/c1-10-6-5-7-15(11(10)2)23-17(25)13(16(24)21-19(23)27)8-12-9-14(20)18(26-12)22(3)4/h5-9H,1-4H3,(H,21,24,27)/b13-8+. The molecule has 1 fully saturated rings. The number of rotatable bonds is 3. The summed E-state index contributed by atoms with van der Waals surface area (Å²) in [6.07, 6.45) is 1.43. The molecule has 1 aliphatic rings. The van der Waals surface area contributed by atoms with E-state index in [2.05, 4.69) is 21.2 Å². The number of halogens is 1. The number of amides is 2. The van der Waals surface area contributed by atoms with Gasteiger partial charge in [-0.05, 0) is 65.3 Å². The fraction of sp³-hybridized carbons (Fsp3) is 0.211. The number of carbonyl (C=O) groups excluding carboxylic acids is 2. The summed E-state index contributed by atoms with van der Waals surface area (Å²) in [4.78, 5) is 28.6. The van der Waals surface area contributed by atoms with Crippen molar-refractivity contribution in [1.29, 1.82) is 0 Å². The summed E-state index contributed by atoms with van der Waals surface area (Å²) in [6, 6.07) is 7.31. The Morgan fingerprint density at radius 3 is 2.59 bits per heavy atom. The predicted octanol–water partition coefficient (Wildman–Crippen LogP) is 3.56. The quantitative estimate of drug-likeness (QED) is 0.442. The van der Waals surface area contributed by atoms with Crippen LogP contribution < -0.4 is 15.1 Å². The van der Waals surface area contributed by atoms with E-state index >= 15 is 0 Å². The van der Waals surface area contributed by atoms with Crippen LogP contribution in [0.25, 0.3) is 6.08 Å². The van der Waals surface area contributed by atoms with E-state index in [4.69, 9.17) is 16.6 Å². The molecule has 1 saturated heterocycles. The van der Waals surface area contributed by atoms with Gasteiger partial charge < -0.3 is 9.32 Å². The lowest BCUT2D eigenvalue weighted by Gasteiger charge is -2.30. The van der Waals surface area contributed by atoms with Crippen LogP contribution in [0.5, 0.6) is 0 Å². The normalized spacial score (nSPS) is 16.1. The maximum atomic E-state index is 13.1. The van der Waals surface area contributed by atoms with E-state index in [-0.39, 0.29) is 10.7 Å². The number of hydrogen-bond acceptors (Lipinski definition) is 5. The fourth-order valence-corrected chi connectivity index (χ4v) is 3.68. The highest BCUT2D eigenvalue weighted by Gasteiger charge is 2.35. The van der Waals surface area contributed by atoms with Gasteiger partial charge in [-0.1, -0.05) is 12.1 Å². The van der Waals surface area contributed by atoms with Gasteiger partial charge in [0.25, 0.3) is 11.8 Å². The van der Waals surface area contributed by atoms with Crippen molar-refractivity contribution in [2.24, 2.45) is 0 Å². The molecule has 8 heteroatoms. The molecule has 1 N–H and O–H groups in total. The van der Waals surface area contributed by atoms with Crippen molar-refractivity contribution >= 4 is 62.7 Å². The minimum Gasteiger partial charge on any atom is -0.440 e. The summed E-state index contributed by atoms with van der Waals surface area (Å²) in [5.74, 6) is -0.0629. The Kier molecular flexibility index (Phi) is 5.21. The van der Waals surface area contributed by atoms with Gasteiger partial charge in [-0.3, -0.25) is 19.8 Å². The number of nitrogens with one attached hydrogen (secondary N) is 1. The molecule has 0 atom stereocenters. The second-order valence-corrected chi connectivity index (χ2v) is 7.61. The topological polar surface area (TPSA) is 65.8 Å². The van der Waals surface area contributed by atoms with E-state index in [9.17, 15) is 9.59 Å². The molecule has 0 radical (unpaired) electrons. The number of nitrogens with zero attached hydrogens (tertiary/aromatic N) is 2. The molecular formula is C19H18BrN3O3S. The van der Waals surface area contributed by atoms with Crippen LogP contribution in [0.1, 0.15) is 16.9 Å². The van der Waals surface area contributed by atoms with Crippen LogP contribution in [0.4, 0.5) is 11.6 Å². The first-order chi connectivity index (χ1) is 12.7. The second kappa shape index (κ2) is 7.28. The zero-order valence-electron chi connectivity index (χ0n) is 15.3. The Hall–Kier alpha value is -2.45. The predicted molar refractivity (Wildman–Crippen MR) is 113 cm³/mol. The van der Waals surface area contributed by atoms with E-state index < -0.39 is 11.8 Å². The van der Waals surface area contributed by atoms with Crippen LogP contribution in [0.2, 0.25) is 0 Å². The molecular weight excluding hydrogens is 430 g/mol. The van der Waals surface area contributed by atoms with E-state index in [1.807, 2.05) is 40.1 Å². The van der Waals surface area contributed by atoms with E-state index in [1.54, 1.807) is 17.0 Å². The molecule has 0 aliphatic carbocycles.